The summed E-state index contributed by atoms with van der Waals surface area (Å²) in [5, 5.41) is 0. The predicted molar refractivity (Wildman–Crippen MR) is 144 cm³/mol. The number of esters is 1. The number of hydrogen-bond acceptors (Lipinski definition) is 7. The highest BCUT2D eigenvalue weighted by atomic mass is 16.5. The lowest BCUT2D eigenvalue weighted by molar-refractivity contribution is -0.0847. The number of nitrogens with zero attached hydrogens (tertiary/aromatic N) is 3. The average molecular weight is 503 g/mol. The fourth-order valence-corrected chi connectivity index (χ4v) is 5.70. The standard InChI is InChI=1S/C29H34N4O4/c1-5-36-27(34)23-24-26(32-22-9-7-6-8-21(22)31-24)33(25(23)30)16-14-29(15-17-37-28(2,3)18-29)19-10-12-20(35-4)13-11-19/h6-13H,5,14-18,30H2,1-4H3/t29-/m1/s1. The Morgan fingerprint density at radius 3 is 2.46 bits per heavy atom. The van der Waals surface area contributed by atoms with Gasteiger partial charge in [-0.2, -0.15) is 0 Å². The Morgan fingerprint density at radius 2 is 1.81 bits per heavy atom. The van der Waals surface area contributed by atoms with E-state index in [1.165, 1.54) is 5.56 Å². The fourth-order valence-electron chi connectivity index (χ4n) is 5.70. The van der Waals surface area contributed by atoms with Crippen LogP contribution in [0.2, 0.25) is 0 Å². The van der Waals surface area contributed by atoms with E-state index in [9.17, 15) is 4.79 Å². The zero-order valence-electron chi connectivity index (χ0n) is 21.9. The molecule has 194 valence electrons. The van der Waals surface area contributed by atoms with Crippen molar-refractivity contribution >= 4 is 34.0 Å². The molecule has 1 fully saturated rings. The third-order valence-electron chi connectivity index (χ3n) is 7.42. The first-order valence-electron chi connectivity index (χ1n) is 12.8. The number of nitrogen functional groups attached to an aromatic ring is 1. The molecule has 2 aromatic heterocycles. The summed E-state index contributed by atoms with van der Waals surface area (Å²) in [4.78, 5) is 22.6. The molecular weight excluding hydrogens is 468 g/mol. The number of ether oxygens (including phenoxy) is 3. The third-order valence-corrected chi connectivity index (χ3v) is 7.42. The van der Waals surface area contributed by atoms with Crippen LogP contribution in [0, 0.1) is 0 Å². The second kappa shape index (κ2) is 9.67. The highest BCUT2D eigenvalue weighted by Gasteiger charge is 2.42. The van der Waals surface area contributed by atoms with Crippen LogP contribution in [-0.4, -0.2) is 46.4 Å². The van der Waals surface area contributed by atoms with Gasteiger partial charge in [0.15, 0.2) is 5.65 Å². The summed E-state index contributed by atoms with van der Waals surface area (Å²) in [5.74, 6) is 0.678. The molecule has 1 saturated heterocycles. The summed E-state index contributed by atoms with van der Waals surface area (Å²) in [7, 11) is 1.67. The van der Waals surface area contributed by atoms with Crippen LogP contribution in [0.3, 0.4) is 0 Å². The number of para-hydroxylation sites is 2. The van der Waals surface area contributed by atoms with Gasteiger partial charge in [0, 0.05) is 18.6 Å². The maximum atomic E-state index is 13.0. The van der Waals surface area contributed by atoms with Crippen molar-refractivity contribution in [2.75, 3.05) is 26.1 Å². The van der Waals surface area contributed by atoms with E-state index >= 15 is 0 Å². The number of rotatable bonds is 7. The highest BCUT2D eigenvalue weighted by Crippen LogP contribution is 2.45. The molecular formula is C29H34N4O4. The summed E-state index contributed by atoms with van der Waals surface area (Å²) >= 11 is 0. The maximum Gasteiger partial charge on any atom is 0.344 e. The van der Waals surface area contributed by atoms with Crippen LogP contribution < -0.4 is 10.5 Å². The number of aryl methyl sites for hydroxylation is 1. The van der Waals surface area contributed by atoms with Gasteiger partial charge >= 0.3 is 5.97 Å². The molecule has 3 heterocycles. The second-order valence-corrected chi connectivity index (χ2v) is 10.3. The molecule has 0 radical (unpaired) electrons. The lowest BCUT2D eigenvalue weighted by atomic mass is 9.67. The van der Waals surface area contributed by atoms with Crippen LogP contribution in [0.25, 0.3) is 22.2 Å². The van der Waals surface area contributed by atoms with Gasteiger partial charge in [-0.25, -0.2) is 14.8 Å². The summed E-state index contributed by atoms with van der Waals surface area (Å²) in [6, 6.07) is 15.9. The van der Waals surface area contributed by atoms with E-state index < -0.39 is 5.97 Å². The SMILES string of the molecule is CCOC(=O)c1c(N)n(CC[C@@]2(c3ccc(OC)cc3)CCOC(C)(C)C2)c2nc3ccccc3nc12. The molecule has 0 saturated carbocycles. The van der Waals surface area contributed by atoms with Gasteiger partial charge in [-0.05, 0) is 69.9 Å². The lowest BCUT2D eigenvalue weighted by Gasteiger charge is -2.45. The van der Waals surface area contributed by atoms with Crippen LogP contribution in [0.1, 0.15) is 56.0 Å². The van der Waals surface area contributed by atoms with Crippen molar-refractivity contribution in [3.8, 4) is 5.75 Å². The molecule has 2 aromatic carbocycles. The van der Waals surface area contributed by atoms with Crippen molar-refractivity contribution in [1.29, 1.82) is 0 Å². The highest BCUT2D eigenvalue weighted by molar-refractivity contribution is 6.08. The smallest absolute Gasteiger partial charge is 0.344 e. The number of nitrogens with two attached hydrogens (primary N) is 1. The Bertz CT molecular complexity index is 1440. The summed E-state index contributed by atoms with van der Waals surface area (Å²) in [6.45, 7) is 7.54. The first kappa shape index (κ1) is 25.0. The zero-order valence-corrected chi connectivity index (χ0v) is 21.9. The Morgan fingerprint density at radius 1 is 1.11 bits per heavy atom. The predicted octanol–water partition coefficient (Wildman–Crippen LogP) is 5.27. The largest absolute Gasteiger partial charge is 0.497 e. The van der Waals surface area contributed by atoms with Crippen molar-refractivity contribution in [3.63, 3.8) is 0 Å². The molecule has 1 aliphatic rings. The average Bonchev–Trinajstić information content (AvgIpc) is 3.15. The van der Waals surface area contributed by atoms with Crippen molar-refractivity contribution in [2.45, 2.75) is 57.6 Å². The quantitative estimate of drug-likeness (QED) is 0.344. The van der Waals surface area contributed by atoms with E-state index in [1.54, 1.807) is 14.0 Å². The summed E-state index contributed by atoms with van der Waals surface area (Å²) < 4.78 is 18.8. The zero-order chi connectivity index (χ0) is 26.2. The van der Waals surface area contributed by atoms with Gasteiger partial charge in [0.25, 0.3) is 0 Å². The van der Waals surface area contributed by atoms with Gasteiger partial charge in [-0.15, -0.1) is 0 Å². The molecule has 0 spiro atoms. The molecule has 8 nitrogen and oxygen atoms in total. The van der Waals surface area contributed by atoms with Gasteiger partial charge in [-0.1, -0.05) is 24.3 Å². The Kier molecular flexibility index (Phi) is 6.54. The van der Waals surface area contributed by atoms with E-state index in [1.807, 2.05) is 41.0 Å². The van der Waals surface area contributed by atoms with Gasteiger partial charge < -0.3 is 24.5 Å². The number of carbonyl (C=O) groups excluding carboxylic acids is 1. The van der Waals surface area contributed by atoms with E-state index in [0.29, 0.717) is 35.7 Å². The molecule has 8 heteroatoms. The molecule has 5 rings (SSSR count). The van der Waals surface area contributed by atoms with E-state index in [4.69, 9.17) is 29.9 Å². The van der Waals surface area contributed by atoms with Crippen LogP contribution in [0.4, 0.5) is 5.82 Å². The summed E-state index contributed by atoms with van der Waals surface area (Å²) in [5.41, 5.74) is 10.3. The molecule has 0 unspecified atom stereocenters. The Labute approximate surface area is 216 Å². The second-order valence-electron chi connectivity index (χ2n) is 10.3. The molecule has 0 aliphatic carbocycles. The van der Waals surface area contributed by atoms with Crippen LogP contribution in [0.15, 0.2) is 48.5 Å². The topological polar surface area (TPSA) is 101 Å². The molecule has 0 bridgehead atoms. The number of aromatic nitrogens is 3. The van der Waals surface area contributed by atoms with Crippen molar-refractivity contribution in [1.82, 2.24) is 14.5 Å². The summed E-state index contributed by atoms with van der Waals surface area (Å²) in [6.07, 6.45) is 2.52. The van der Waals surface area contributed by atoms with Crippen molar-refractivity contribution < 1.29 is 19.0 Å². The van der Waals surface area contributed by atoms with Crippen LogP contribution in [-0.2, 0) is 21.4 Å². The molecule has 0 amide bonds. The number of anilines is 1. The van der Waals surface area contributed by atoms with Gasteiger partial charge in [-0.3, -0.25) is 0 Å². The Hall–Kier alpha value is -3.65. The first-order chi connectivity index (χ1) is 17.8. The minimum absolute atomic E-state index is 0.147. The third kappa shape index (κ3) is 4.62. The fraction of sp³-hybridized carbons (Fsp3) is 0.414. The lowest BCUT2D eigenvalue weighted by Crippen LogP contribution is -2.44. The number of benzene rings is 2. The van der Waals surface area contributed by atoms with E-state index in [2.05, 4.69) is 26.0 Å². The molecule has 37 heavy (non-hydrogen) atoms. The monoisotopic (exact) mass is 502 g/mol. The number of carbonyl (C=O) groups is 1. The Balaban J connectivity index is 1.60. The van der Waals surface area contributed by atoms with E-state index in [-0.39, 0.29) is 23.2 Å². The number of methoxy groups -OCH3 is 1. The van der Waals surface area contributed by atoms with Crippen molar-refractivity contribution in [3.05, 3.63) is 59.7 Å². The molecule has 1 atom stereocenters. The van der Waals surface area contributed by atoms with Crippen molar-refractivity contribution in [2.24, 2.45) is 0 Å². The molecule has 1 aliphatic heterocycles. The van der Waals surface area contributed by atoms with Gasteiger partial charge in [0.1, 0.15) is 22.6 Å². The normalized spacial score (nSPS) is 19.2. The first-order valence-corrected chi connectivity index (χ1v) is 12.8. The van der Waals surface area contributed by atoms with Gasteiger partial charge in [0.05, 0.1) is 30.4 Å². The van der Waals surface area contributed by atoms with Crippen LogP contribution >= 0.6 is 0 Å². The number of hydrogen-bond donors (Lipinski definition) is 1. The number of fused-ring (bicyclic) bond motifs is 2. The van der Waals surface area contributed by atoms with Gasteiger partial charge in [0.2, 0.25) is 0 Å². The van der Waals surface area contributed by atoms with Crippen LogP contribution in [0.5, 0.6) is 5.75 Å². The minimum Gasteiger partial charge on any atom is -0.497 e. The van der Waals surface area contributed by atoms with E-state index in [0.717, 1.165) is 30.5 Å². The molecule has 2 N–H and O–H groups in total. The molecule has 4 aromatic rings. The maximum absolute atomic E-state index is 13.0. The minimum atomic E-state index is -0.481.